The molecule has 0 saturated heterocycles. The van der Waals surface area contributed by atoms with Crippen molar-refractivity contribution in [2.45, 2.75) is 18.7 Å². The summed E-state index contributed by atoms with van der Waals surface area (Å²) in [5.74, 6) is 0.601. The van der Waals surface area contributed by atoms with Gasteiger partial charge in [-0.15, -0.1) is 0 Å². The lowest BCUT2D eigenvalue weighted by Crippen LogP contribution is -3.00. The fourth-order valence-corrected chi connectivity index (χ4v) is 4.02. The molecule has 4 rings (SSSR count). The lowest BCUT2D eigenvalue weighted by molar-refractivity contribution is -0.703. The van der Waals surface area contributed by atoms with Crippen molar-refractivity contribution in [2.75, 3.05) is 18.0 Å². The van der Waals surface area contributed by atoms with E-state index in [1.54, 1.807) is 23.2 Å². The standard InChI is InChI=1S/C21H20ClN6O.BrH/c1-15-3-5-16(6-4-15)19-21(29,17-7-9-18(22)10-8-17)28(14-12-25-26-23)20-24-11-2-13-27(19)20;/h2-11,13,19,29H,12,14H2,1H3;1H/q+1;/p-1. The predicted octanol–water partition coefficient (Wildman–Crippen LogP) is 0.900. The maximum atomic E-state index is 12.2. The molecule has 0 aliphatic carbocycles. The molecule has 7 nitrogen and oxygen atoms in total. The van der Waals surface area contributed by atoms with Crippen molar-refractivity contribution in [2.24, 2.45) is 5.11 Å². The molecule has 1 aliphatic rings. The Morgan fingerprint density at radius 2 is 1.93 bits per heavy atom. The summed E-state index contributed by atoms with van der Waals surface area (Å²) in [4.78, 5) is 9.15. The molecule has 0 amide bonds. The number of hydrogen-bond acceptors (Lipinski definition) is 4. The number of azide groups is 1. The quantitative estimate of drug-likeness (QED) is 0.251. The van der Waals surface area contributed by atoms with Crippen molar-refractivity contribution in [3.63, 3.8) is 0 Å². The molecular formula is C21H20BrClN6O. The summed E-state index contributed by atoms with van der Waals surface area (Å²) in [6, 6.07) is 16.6. The van der Waals surface area contributed by atoms with Gasteiger partial charge in [0.15, 0.2) is 6.04 Å². The molecule has 2 aromatic carbocycles. The van der Waals surface area contributed by atoms with E-state index >= 15 is 0 Å². The number of aryl methyl sites for hydroxylation is 1. The highest BCUT2D eigenvalue weighted by molar-refractivity contribution is 6.30. The van der Waals surface area contributed by atoms with E-state index in [-0.39, 0.29) is 23.5 Å². The van der Waals surface area contributed by atoms with E-state index in [4.69, 9.17) is 17.1 Å². The van der Waals surface area contributed by atoms with Crippen molar-refractivity contribution in [3.8, 4) is 0 Å². The Bertz CT molecular complexity index is 1070. The van der Waals surface area contributed by atoms with Gasteiger partial charge in [0.25, 0.3) is 5.72 Å². The summed E-state index contributed by atoms with van der Waals surface area (Å²) in [5, 5.41) is 16.5. The fraction of sp³-hybridized carbons (Fsp3) is 0.238. The van der Waals surface area contributed by atoms with Crippen molar-refractivity contribution >= 4 is 17.5 Å². The van der Waals surface area contributed by atoms with Gasteiger partial charge in [0.1, 0.15) is 6.20 Å². The largest absolute Gasteiger partial charge is 1.00 e. The minimum Gasteiger partial charge on any atom is -1.00 e. The smallest absolute Gasteiger partial charge is 0.397 e. The van der Waals surface area contributed by atoms with Crippen LogP contribution in [0.2, 0.25) is 5.02 Å². The highest BCUT2D eigenvalue weighted by atomic mass is 79.9. The van der Waals surface area contributed by atoms with Gasteiger partial charge in [-0.2, -0.15) is 0 Å². The third kappa shape index (κ3) is 3.75. The molecule has 1 aliphatic heterocycles. The van der Waals surface area contributed by atoms with Gasteiger partial charge in [-0.05, 0) is 30.2 Å². The van der Waals surface area contributed by atoms with Crippen LogP contribution in [0.25, 0.3) is 10.4 Å². The van der Waals surface area contributed by atoms with Crippen LogP contribution in [-0.2, 0) is 5.72 Å². The third-order valence-electron chi connectivity index (χ3n) is 5.22. The number of anilines is 1. The average molecular weight is 488 g/mol. The Morgan fingerprint density at radius 3 is 2.60 bits per heavy atom. The van der Waals surface area contributed by atoms with Gasteiger partial charge in [-0.25, -0.2) is 9.47 Å². The molecule has 2 atom stereocenters. The van der Waals surface area contributed by atoms with E-state index < -0.39 is 11.8 Å². The van der Waals surface area contributed by atoms with Gasteiger partial charge in [0, 0.05) is 21.6 Å². The first kappa shape index (κ1) is 22.1. The molecule has 1 aromatic heterocycles. The van der Waals surface area contributed by atoms with Crippen LogP contribution in [0.1, 0.15) is 22.7 Å². The molecule has 2 heterocycles. The first-order valence-corrected chi connectivity index (χ1v) is 9.63. The number of aromatic nitrogens is 2. The summed E-state index contributed by atoms with van der Waals surface area (Å²) >= 11 is 6.09. The van der Waals surface area contributed by atoms with Crippen LogP contribution in [0.5, 0.6) is 0 Å². The zero-order chi connectivity index (χ0) is 20.4. The summed E-state index contributed by atoms with van der Waals surface area (Å²) in [6.07, 6.45) is 3.59. The van der Waals surface area contributed by atoms with E-state index in [0.717, 1.165) is 11.1 Å². The number of fused-ring (bicyclic) bond motifs is 1. The van der Waals surface area contributed by atoms with Crippen LogP contribution in [0.3, 0.4) is 0 Å². The van der Waals surface area contributed by atoms with Crippen LogP contribution < -0.4 is 26.4 Å². The van der Waals surface area contributed by atoms with Gasteiger partial charge in [0.2, 0.25) is 0 Å². The van der Waals surface area contributed by atoms with Gasteiger partial charge in [-0.1, -0.05) is 63.7 Å². The molecule has 0 fully saturated rings. The molecule has 9 heteroatoms. The lowest BCUT2D eigenvalue weighted by atomic mass is 9.89. The fourth-order valence-electron chi connectivity index (χ4n) is 3.89. The first-order chi connectivity index (χ1) is 14.1. The SMILES string of the molecule is Cc1ccc(C2[n+]3cccnc3N(CCN=[N+]=[N-])C2(O)c2ccc(Cl)cc2)cc1.[Br-]. The molecule has 2 unspecified atom stereocenters. The van der Waals surface area contributed by atoms with Gasteiger partial charge in [-0.3, -0.25) is 0 Å². The van der Waals surface area contributed by atoms with E-state index in [1.165, 1.54) is 0 Å². The molecule has 0 radical (unpaired) electrons. The van der Waals surface area contributed by atoms with Crippen LogP contribution in [0.4, 0.5) is 5.95 Å². The summed E-state index contributed by atoms with van der Waals surface area (Å²) in [7, 11) is 0. The molecule has 1 N–H and O–H groups in total. The van der Waals surface area contributed by atoms with Crippen LogP contribution >= 0.6 is 11.6 Å². The number of halogens is 2. The van der Waals surface area contributed by atoms with Gasteiger partial charge < -0.3 is 22.1 Å². The Morgan fingerprint density at radius 1 is 1.23 bits per heavy atom. The molecule has 0 saturated carbocycles. The van der Waals surface area contributed by atoms with Crippen LogP contribution in [0.15, 0.2) is 72.1 Å². The predicted molar refractivity (Wildman–Crippen MR) is 110 cm³/mol. The zero-order valence-corrected chi connectivity index (χ0v) is 18.6. The number of benzene rings is 2. The Hall–Kier alpha value is -2.64. The van der Waals surface area contributed by atoms with Gasteiger partial charge >= 0.3 is 5.95 Å². The van der Waals surface area contributed by atoms with Crippen molar-refractivity contribution in [1.29, 1.82) is 0 Å². The summed E-state index contributed by atoms with van der Waals surface area (Å²) < 4.78 is 1.95. The number of hydrogen-bond donors (Lipinski definition) is 1. The Kier molecular flexibility index (Phi) is 6.63. The number of aliphatic hydroxyl groups is 1. The summed E-state index contributed by atoms with van der Waals surface area (Å²) in [6.45, 7) is 2.53. The third-order valence-corrected chi connectivity index (χ3v) is 5.47. The Labute approximate surface area is 190 Å². The van der Waals surface area contributed by atoms with Crippen molar-refractivity contribution in [3.05, 3.63) is 99.1 Å². The molecule has 3 aromatic rings. The van der Waals surface area contributed by atoms with Crippen LogP contribution in [-0.4, -0.2) is 23.2 Å². The zero-order valence-electron chi connectivity index (χ0n) is 16.2. The maximum Gasteiger partial charge on any atom is 0.397 e. The maximum absolute atomic E-state index is 12.2. The van der Waals surface area contributed by atoms with Crippen molar-refractivity contribution in [1.82, 2.24) is 4.98 Å². The van der Waals surface area contributed by atoms with E-state index in [0.29, 0.717) is 23.1 Å². The minimum atomic E-state index is -1.44. The molecule has 0 bridgehead atoms. The van der Waals surface area contributed by atoms with E-state index in [1.807, 2.05) is 60.2 Å². The monoisotopic (exact) mass is 486 g/mol. The summed E-state index contributed by atoms with van der Waals surface area (Å²) in [5.41, 5.74) is 10.0. The number of rotatable bonds is 5. The molecular weight excluding hydrogens is 468 g/mol. The van der Waals surface area contributed by atoms with E-state index in [2.05, 4.69) is 15.0 Å². The molecule has 30 heavy (non-hydrogen) atoms. The second-order valence-corrected chi connectivity index (χ2v) is 7.42. The highest BCUT2D eigenvalue weighted by Crippen LogP contribution is 2.44. The number of nitrogens with zero attached hydrogens (tertiary/aromatic N) is 6. The normalized spacial score (nSPS) is 19.6. The highest BCUT2D eigenvalue weighted by Gasteiger charge is 2.59. The molecule has 0 spiro atoms. The average Bonchev–Trinajstić information content (AvgIpc) is 2.98. The Balaban J connectivity index is 0.00000256. The van der Waals surface area contributed by atoms with E-state index in [9.17, 15) is 5.11 Å². The van der Waals surface area contributed by atoms with Gasteiger partial charge in [0.05, 0.1) is 19.3 Å². The lowest BCUT2D eigenvalue weighted by Gasteiger charge is -2.33. The van der Waals surface area contributed by atoms with Crippen molar-refractivity contribution < 1.29 is 26.7 Å². The second kappa shape index (κ2) is 9.02. The second-order valence-electron chi connectivity index (χ2n) is 6.98. The molecule has 154 valence electrons. The topological polar surface area (TPSA) is 89.0 Å². The van der Waals surface area contributed by atoms with Crippen LogP contribution in [0, 0.1) is 6.92 Å². The first-order valence-electron chi connectivity index (χ1n) is 9.25. The minimum absolute atomic E-state index is 0.